The SMILES string of the molecule is COC(=O)c1c(N)nc2n1CCC2. The molecule has 2 heterocycles. The number of nitrogens with zero attached hydrogens (tertiary/aromatic N) is 2. The van der Waals surface area contributed by atoms with Crippen LogP contribution in [0.5, 0.6) is 0 Å². The van der Waals surface area contributed by atoms with E-state index in [0.717, 1.165) is 25.2 Å². The fourth-order valence-corrected chi connectivity index (χ4v) is 1.66. The van der Waals surface area contributed by atoms with Crippen LogP contribution in [0.1, 0.15) is 22.7 Å². The van der Waals surface area contributed by atoms with Crippen LogP contribution < -0.4 is 5.73 Å². The molecule has 0 aromatic carbocycles. The lowest BCUT2D eigenvalue weighted by atomic mass is 10.3. The van der Waals surface area contributed by atoms with Gasteiger partial charge in [0.05, 0.1) is 7.11 Å². The number of esters is 1. The van der Waals surface area contributed by atoms with E-state index in [4.69, 9.17) is 5.73 Å². The molecule has 1 aliphatic rings. The van der Waals surface area contributed by atoms with Crippen molar-refractivity contribution in [3.05, 3.63) is 11.5 Å². The fourth-order valence-electron chi connectivity index (χ4n) is 1.66. The van der Waals surface area contributed by atoms with Crippen molar-refractivity contribution in [3.63, 3.8) is 0 Å². The molecule has 70 valence electrons. The summed E-state index contributed by atoms with van der Waals surface area (Å²) >= 11 is 0. The van der Waals surface area contributed by atoms with Gasteiger partial charge in [0.1, 0.15) is 5.82 Å². The molecule has 0 radical (unpaired) electrons. The van der Waals surface area contributed by atoms with Crippen LogP contribution in [0.25, 0.3) is 0 Å². The van der Waals surface area contributed by atoms with Gasteiger partial charge >= 0.3 is 5.97 Å². The molecule has 1 aromatic heterocycles. The number of carbonyl (C=O) groups is 1. The number of fused-ring (bicyclic) bond motifs is 1. The second kappa shape index (κ2) is 2.76. The molecule has 0 atom stereocenters. The summed E-state index contributed by atoms with van der Waals surface area (Å²) in [4.78, 5) is 15.4. The average molecular weight is 181 g/mol. The van der Waals surface area contributed by atoms with Crippen molar-refractivity contribution in [2.75, 3.05) is 12.8 Å². The number of imidazole rings is 1. The van der Waals surface area contributed by atoms with Crippen LogP contribution in [0.15, 0.2) is 0 Å². The molecular weight excluding hydrogens is 170 g/mol. The molecule has 1 aliphatic heterocycles. The van der Waals surface area contributed by atoms with Crippen LogP contribution in [0.2, 0.25) is 0 Å². The Morgan fingerprint density at radius 3 is 3.15 bits per heavy atom. The summed E-state index contributed by atoms with van der Waals surface area (Å²) in [5, 5.41) is 0. The molecule has 13 heavy (non-hydrogen) atoms. The molecule has 0 saturated heterocycles. The molecule has 0 unspecified atom stereocenters. The Kier molecular flexibility index (Phi) is 1.72. The summed E-state index contributed by atoms with van der Waals surface area (Å²) in [6.45, 7) is 0.809. The first kappa shape index (κ1) is 8.10. The van der Waals surface area contributed by atoms with E-state index in [9.17, 15) is 4.79 Å². The van der Waals surface area contributed by atoms with Crippen molar-refractivity contribution in [2.24, 2.45) is 0 Å². The largest absolute Gasteiger partial charge is 0.464 e. The minimum Gasteiger partial charge on any atom is -0.464 e. The Morgan fingerprint density at radius 2 is 2.46 bits per heavy atom. The highest BCUT2D eigenvalue weighted by Gasteiger charge is 2.24. The second-order valence-corrected chi connectivity index (χ2v) is 3.01. The van der Waals surface area contributed by atoms with Crippen molar-refractivity contribution in [1.82, 2.24) is 9.55 Å². The number of rotatable bonds is 1. The van der Waals surface area contributed by atoms with Gasteiger partial charge in [0.15, 0.2) is 11.5 Å². The Bertz CT molecular complexity index is 357. The third kappa shape index (κ3) is 1.07. The molecule has 5 heteroatoms. The molecule has 5 nitrogen and oxygen atoms in total. The van der Waals surface area contributed by atoms with Gasteiger partial charge in [0.25, 0.3) is 0 Å². The summed E-state index contributed by atoms with van der Waals surface area (Å²) in [6, 6.07) is 0. The molecule has 0 amide bonds. The normalized spacial score (nSPS) is 14.2. The molecule has 0 aliphatic carbocycles. The third-order valence-corrected chi connectivity index (χ3v) is 2.23. The van der Waals surface area contributed by atoms with Crippen molar-refractivity contribution in [1.29, 1.82) is 0 Å². The summed E-state index contributed by atoms with van der Waals surface area (Å²) < 4.78 is 6.46. The number of nitrogen functional groups attached to an aromatic ring is 1. The standard InChI is InChI=1S/C8H11N3O2/c1-13-8(12)6-7(9)10-5-3-2-4-11(5)6/h2-4,9H2,1H3. The van der Waals surface area contributed by atoms with Gasteiger partial charge in [-0.3, -0.25) is 0 Å². The van der Waals surface area contributed by atoms with E-state index >= 15 is 0 Å². The zero-order valence-corrected chi connectivity index (χ0v) is 7.41. The summed E-state index contributed by atoms with van der Waals surface area (Å²) in [6.07, 6.45) is 1.91. The highest BCUT2D eigenvalue weighted by molar-refractivity contribution is 5.92. The highest BCUT2D eigenvalue weighted by atomic mass is 16.5. The summed E-state index contributed by atoms with van der Waals surface area (Å²) in [5.41, 5.74) is 5.99. The average Bonchev–Trinajstić information content (AvgIpc) is 2.62. The van der Waals surface area contributed by atoms with Gasteiger partial charge in [-0.25, -0.2) is 9.78 Å². The van der Waals surface area contributed by atoms with Crippen LogP contribution in [-0.4, -0.2) is 22.6 Å². The quantitative estimate of drug-likeness (QED) is 0.628. The second-order valence-electron chi connectivity index (χ2n) is 3.01. The maximum absolute atomic E-state index is 11.3. The van der Waals surface area contributed by atoms with Gasteiger partial charge < -0.3 is 15.0 Å². The molecule has 0 spiro atoms. The van der Waals surface area contributed by atoms with Gasteiger partial charge in [-0.15, -0.1) is 0 Å². The molecule has 0 fully saturated rings. The lowest BCUT2D eigenvalue weighted by Gasteiger charge is -2.02. The fraction of sp³-hybridized carbons (Fsp3) is 0.500. The van der Waals surface area contributed by atoms with Crippen LogP contribution >= 0.6 is 0 Å². The first-order chi connectivity index (χ1) is 6.24. The molecule has 0 bridgehead atoms. The number of anilines is 1. The Labute approximate surface area is 75.5 Å². The molecule has 2 N–H and O–H groups in total. The third-order valence-electron chi connectivity index (χ3n) is 2.23. The summed E-state index contributed by atoms with van der Waals surface area (Å²) in [5.74, 6) is 0.762. The van der Waals surface area contributed by atoms with Crippen molar-refractivity contribution in [2.45, 2.75) is 19.4 Å². The summed E-state index contributed by atoms with van der Waals surface area (Å²) in [7, 11) is 1.34. The predicted octanol–water partition coefficient (Wildman–Crippen LogP) is 0.198. The van der Waals surface area contributed by atoms with Gasteiger partial charge in [-0.1, -0.05) is 0 Å². The van der Waals surface area contributed by atoms with E-state index in [-0.39, 0.29) is 5.82 Å². The molecule has 0 saturated carbocycles. The number of ether oxygens (including phenoxy) is 1. The van der Waals surface area contributed by atoms with Gasteiger partial charge in [0.2, 0.25) is 0 Å². The van der Waals surface area contributed by atoms with Gasteiger partial charge in [0, 0.05) is 13.0 Å². The maximum atomic E-state index is 11.3. The number of nitrogens with two attached hydrogens (primary N) is 1. The van der Waals surface area contributed by atoms with Crippen molar-refractivity contribution < 1.29 is 9.53 Å². The molecule has 1 aromatic rings. The lowest BCUT2D eigenvalue weighted by molar-refractivity contribution is 0.0590. The monoisotopic (exact) mass is 181 g/mol. The Morgan fingerprint density at radius 1 is 1.69 bits per heavy atom. The van der Waals surface area contributed by atoms with Crippen LogP contribution in [0.4, 0.5) is 5.82 Å². The molecular formula is C8H11N3O2. The Balaban J connectivity index is 2.50. The maximum Gasteiger partial charge on any atom is 0.358 e. The number of carbonyl (C=O) groups excluding carboxylic acids is 1. The van der Waals surface area contributed by atoms with E-state index in [1.54, 1.807) is 0 Å². The van der Waals surface area contributed by atoms with E-state index in [0.29, 0.717) is 5.69 Å². The zero-order chi connectivity index (χ0) is 9.42. The number of aryl methyl sites for hydroxylation is 1. The van der Waals surface area contributed by atoms with Gasteiger partial charge in [-0.2, -0.15) is 0 Å². The minimum absolute atomic E-state index is 0.279. The minimum atomic E-state index is -0.404. The van der Waals surface area contributed by atoms with Gasteiger partial charge in [-0.05, 0) is 6.42 Å². The van der Waals surface area contributed by atoms with Crippen molar-refractivity contribution >= 4 is 11.8 Å². The predicted molar refractivity (Wildman–Crippen MR) is 46.3 cm³/mol. The van der Waals surface area contributed by atoms with Crippen LogP contribution in [0, 0.1) is 0 Å². The van der Waals surface area contributed by atoms with E-state index in [1.807, 2.05) is 4.57 Å². The topological polar surface area (TPSA) is 70.1 Å². The zero-order valence-electron chi connectivity index (χ0n) is 7.41. The van der Waals surface area contributed by atoms with E-state index in [1.165, 1.54) is 7.11 Å². The van der Waals surface area contributed by atoms with E-state index in [2.05, 4.69) is 9.72 Å². The number of hydrogen-bond acceptors (Lipinski definition) is 4. The molecule has 2 rings (SSSR count). The van der Waals surface area contributed by atoms with Crippen molar-refractivity contribution in [3.8, 4) is 0 Å². The van der Waals surface area contributed by atoms with Crippen LogP contribution in [-0.2, 0) is 17.7 Å². The number of aromatic nitrogens is 2. The van der Waals surface area contributed by atoms with E-state index < -0.39 is 5.97 Å². The lowest BCUT2D eigenvalue weighted by Crippen LogP contribution is -2.11. The number of hydrogen-bond donors (Lipinski definition) is 1. The first-order valence-corrected chi connectivity index (χ1v) is 4.17. The first-order valence-electron chi connectivity index (χ1n) is 4.17. The smallest absolute Gasteiger partial charge is 0.358 e. The highest BCUT2D eigenvalue weighted by Crippen LogP contribution is 2.21. The number of methoxy groups -OCH3 is 1. The van der Waals surface area contributed by atoms with Crippen LogP contribution in [0.3, 0.4) is 0 Å². The Hall–Kier alpha value is -1.52.